The van der Waals surface area contributed by atoms with Crippen LogP contribution in [0.15, 0.2) is 22.9 Å². The molecule has 0 aliphatic rings. The topological polar surface area (TPSA) is 77.2 Å². The Balaban J connectivity index is 2.47. The largest absolute Gasteiger partial charge is 0.385 e. The van der Waals surface area contributed by atoms with Crippen LogP contribution in [0.3, 0.4) is 0 Å². The molecule has 0 aliphatic heterocycles. The predicted octanol–water partition coefficient (Wildman–Crippen LogP) is 1.15. The summed E-state index contributed by atoms with van der Waals surface area (Å²) in [4.78, 5) is 15.6. The van der Waals surface area contributed by atoms with E-state index in [1.165, 1.54) is 0 Å². The van der Waals surface area contributed by atoms with Gasteiger partial charge in [-0.05, 0) is 34.5 Å². The monoisotopic (exact) mass is 287 g/mol. The number of nitrogens with one attached hydrogen (secondary N) is 1. The van der Waals surface area contributed by atoms with Gasteiger partial charge in [-0.15, -0.1) is 0 Å². The van der Waals surface area contributed by atoms with E-state index < -0.39 is 6.04 Å². The van der Waals surface area contributed by atoms with E-state index in [4.69, 9.17) is 10.5 Å². The fourth-order valence-electron chi connectivity index (χ4n) is 1.06. The van der Waals surface area contributed by atoms with Crippen molar-refractivity contribution in [3.8, 4) is 0 Å². The van der Waals surface area contributed by atoms with Gasteiger partial charge in [0.2, 0.25) is 5.91 Å². The number of rotatable bonds is 5. The van der Waals surface area contributed by atoms with Gasteiger partial charge in [-0.3, -0.25) is 4.79 Å². The molecule has 0 spiro atoms. The zero-order valence-corrected chi connectivity index (χ0v) is 10.5. The molecule has 3 N–H and O–H groups in total. The number of nitrogens with zero attached hydrogens (tertiary/aromatic N) is 1. The number of carbonyl (C=O) groups is 1. The molecule has 0 bridgehead atoms. The van der Waals surface area contributed by atoms with Crippen molar-refractivity contribution >= 4 is 27.5 Å². The van der Waals surface area contributed by atoms with E-state index in [1.807, 2.05) is 0 Å². The second kappa shape index (κ2) is 6.57. The van der Waals surface area contributed by atoms with Crippen LogP contribution in [-0.2, 0) is 9.53 Å². The molecular formula is C10H14BrN3O2. The summed E-state index contributed by atoms with van der Waals surface area (Å²) in [5.41, 5.74) is 6.29. The molecule has 0 aromatic carbocycles. The molecule has 0 saturated carbocycles. The second-order valence-electron chi connectivity index (χ2n) is 3.25. The molecule has 1 atom stereocenters. The SMILES string of the molecule is COCCC(N)C(=O)Nc1ccc(Br)nc1. The Morgan fingerprint density at radius 3 is 3.00 bits per heavy atom. The quantitative estimate of drug-likeness (QED) is 0.797. The van der Waals surface area contributed by atoms with Crippen molar-refractivity contribution in [1.29, 1.82) is 0 Å². The Labute approximate surface area is 103 Å². The fourth-order valence-corrected chi connectivity index (χ4v) is 1.30. The Morgan fingerprint density at radius 1 is 1.69 bits per heavy atom. The molecular weight excluding hydrogens is 274 g/mol. The van der Waals surface area contributed by atoms with Crippen molar-refractivity contribution in [2.75, 3.05) is 19.0 Å². The van der Waals surface area contributed by atoms with Crippen LogP contribution in [0.25, 0.3) is 0 Å². The molecule has 0 aliphatic carbocycles. The summed E-state index contributed by atoms with van der Waals surface area (Å²) in [5.74, 6) is -0.235. The zero-order chi connectivity index (χ0) is 12.0. The van der Waals surface area contributed by atoms with E-state index in [0.29, 0.717) is 23.3 Å². The molecule has 1 amide bonds. The molecule has 0 radical (unpaired) electrons. The molecule has 0 fully saturated rings. The minimum absolute atomic E-state index is 0.235. The highest BCUT2D eigenvalue weighted by Crippen LogP contribution is 2.10. The highest BCUT2D eigenvalue weighted by atomic mass is 79.9. The minimum Gasteiger partial charge on any atom is -0.385 e. The third kappa shape index (κ3) is 4.26. The van der Waals surface area contributed by atoms with Gasteiger partial charge in [-0.2, -0.15) is 0 Å². The summed E-state index contributed by atoms with van der Waals surface area (Å²) in [6.07, 6.45) is 2.05. The summed E-state index contributed by atoms with van der Waals surface area (Å²) in [7, 11) is 1.57. The first-order valence-electron chi connectivity index (χ1n) is 4.80. The number of methoxy groups -OCH3 is 1. The van der Waals surface area contributed by atoms with E-state index in [1.54, 1.807) is 25.4 Å². The molecule has 1 rings (SSSR count). The van der Waals surface area contributed by atoms with Gasteiger partial charge < -0.3 is 15.8 Å². The van der Waals surface area contributed by atoms with E-state index in [-0.39, 0.29) is 5.91 Å². The van der Waals surface area contributed by atoms with E-state index in [2.05, 4.69) is 26.2 Å². The van der Waals surface area contributed by atoms with Crippen LogP contribution in [0.1, 0.15) is 6.42 Å². The minimum atomic E-state index is -0.566. The number of halogens is 1. The molecule has 6 heteroatoms. The standard InChI is InChI=1S/C10H14BrN3O2/c1-16-5-4-8(12)10(15)14-7-2-3-9(11)13-6-7/h2-3,6,8H,4-5,12H2,1H3,(H,14,15). The predicted molar refractivity (Wildman–Crippen MR) is 65.0 cm³/mol. The average molecular weight is 288 g/mol. The number of ether oxygens (including phenoxy) is 1. The summed E-state index contributed by atoms with van der Waals surface area (Å²) >= 11 is 3.21. The highest BCUT2D eigenvalue weighted by Gasteiger charge is 2.12. The normalized spacial score (nSPS) is 12.2. The second-order valence-corrected chi connectivity index (χ2v) is 4.06. The third-order valence-electron chi connectivity index (χ3n) is 1.96. The average Bonchev–Trinajstić information content (AvgIpc) is 2.29. The van der Waals surface area contributed by atoms with Crippen LogP contribution in [0.2, 0.25) is 0 Å². The summed E-state index contributed by atoms with van der Waals surface area (Å²) in [6.45, 7) is 0.465. The lowest BCUT2D eigenvalue weighted by atomic mass is 10.2. The maximum absolute atomic E-state index is 11.6. The van der Waals surface area contributed by atoms with Gasteiger partial charge in [-0.1, -0.05) is 0 Å². The zero-order valence-electron chi connectivity index (χ0n) is 8.94. The summed E-state index contributed by atoms with van der Waals surface area (Å²) in [5, 5.41) is 2.67. The van der Waals surface area contributed by atoms with Gasteiger partial charge in [0.15, 0.2) is 0 Å². The lowest BCUT2D eigenvalue weighted by Gasteiger charge is -2.11. The third-order valence-corrected chi connectivity index (χ3v) is 2.43. The number of amides is 1. The first-order chi connectivity index (χ1) is 7.63. The van der Waals surface area contributed by atoms with Gasteiger partial charge in [0.05, 0.1) is 17.9 Å². The van der Waals surface area contributed by atoms with Crippen LogP contribution in [0.4, 0.5) is 5.69 Å². The van der Waals surface area contributed by atoms with Crippen molar-refractivity contribution in [1.82, 2.24) is 4.98 Å². The number of nitrogens with two attached hydrogens (primary N) is 1. The van der Waals surface area contributed by atoms with Crippen LogP contribution >= 0.6 is 15.9 Å². The van der Waals surface area contributed by atoms with Crippen molar-refractivity contribution in [3.05, 3.63) is 22.9 Å². The fraction of sp³-hybridized carbons (Fsp3) is 0.400. The Hall–Kier alpha value is -0.980. The number of pyridine rings is 1. The summed E-state index contributed by atoms with van der Waals surface area (Å²) in [6, 6.07) is 2.93. The van der Waals surface area contributed by atoms with Crippen LogP contribution < -0.4 is 11.1 Å². The lowest BCUT2D eigenvalue weighted by molar-refractivity contribution is -0.117. The van der Waals surface area contributed by atoms with Crippen LogP contribution in [0, 0.1) is 0 Å². The first-order valence-corrected chi connectivity index (χ1v) is 5.59. The van der Waals surface area contributed by atoms with E-state index >= 15 is 0 Å². The van der Waals surface area contributed by atoms with Gasteiger partial charge >= 0.3 is 0 Å². The molecule has 1 unspecified atom stereocenters. The number of hydrogen-bond donors (Lipinski definition) is 2. The van der Waals surface area contributed by atoms with E-state index in [0.717, 1.165) is 0 Å². The number of aromatic nitrogens is 1. The number of anilines is 1. The maximum atomic E-state index is 11.6. The van der Waals surface area contributed by atoms with Crippen LogP contribution in [0.5, 0.6) is 0 Å². The molecule has 0 saturated heterocycles. The Kier molecular flexibility index (Phi) is 5.37. The van der Waals surface area contributed by atoms with Gasteiger partial charge in [0.25, 0.3) is 0 Å². The lowest BCUT2D eigenvalue weighted by Crippen LogP contribution is -2.36. The van der Waals surface area contributed by atoms with Crippen molar-refractivity contribution in [3.63, 3.8) is 0 Å². The molecule has 88 valence electrons. The Bertz CT molecular complexity index is 342. The number of carbonyl (C=O) groups excluding carboxylic acids is 1. The Morgan fingerprint density at radius 2 is 2.44 bits per heavy atom. The van der Waals surface area contributed by atoms with Crippen molar-refractivity contribution < 1.29 is 9.53 Å². The maximum Gasteiger partial charge on any atom is 0.241 e. The van der Waals surface area contributed by atoms with Crippen molar-refractivity contribution in [2.24, 2.45) is 5.73 Å². The molecule has 5 nitrogen and oxygen atoms in total. The van der Waals surface area contributed by atoms with Crippen molar-refractivity contribution in [2.45, 2.75) is 12.5 Å². The van der Waals surface area contributed by atoms with E-state index in [9.17, 15) is 4.79 Å². The molecule has 1 aromatic rings. The highest BCUT2D eigenvalue weighted by molar-refractivity contribution is 9.10. The van der Waals surface area contributed by atoms with Gasteiger partial charge in [0.1, 0.15) is 4.60 Å². The smallest absolute Gasteiger partial charge is 0.241 e. The molecule has 1 aromatic heterocycles. The number of hydrogen-bond acceptors (Lipinski definition) is 4. The molecule has 16 heavy (non-hydrogen) atoms. The van der Waals surface area contributed by atoms with Crippen LogP contribution in [-0.4, -0.2) is 30.6 Å². The first kappa shape index (κ1) is 13.1. The van der Waals surface area contributed by atoms with Gasteiger partial charge in [0, 0.05) is 13.7 Å². The molecule has 1 heterocycles. The summed E-state index contributed by atoms with van der Waals surface area (Å²) < 4.78 is 5.57. The van der Waals surface area contributed by atoms with Gasteiger partial charge in [-0.25, -0.2) is 4.98 Å².